The standard InChI is InChI=1S/C26H43N9O14/c1-10(39)19(34-21(43)12(6-18(29)41)30-20(42)11(27)5-17(28)40)24(46)32-14(8-37)22(44)31-13(7-36)23(45)33-15(9-38)25(47)35-4-2-3-16(35)26(48)49/h10-16,19,36-39H,2-9,27H2,1H3,(H2,28,40)(H2,29,41)(H,30,42)(H,31,44)(H,32,46)(H,33,45)(H,34,43)(H,48,49)/t10-,11+,12+,13+,14+,15+,16+,19+/m1/s1. The number of rotatable bonds is 20. The molecule has 8 amide bonds. The lowest BCUT2D eigenvalue weighted by molar-refractivity contribution is -0.150. The molecule has 1 rings (SSSR count). The average molecular weight is 706 g/mol. The number of amides is 8. The number of carboxylic acid groups (broad SMARTS) is 1. The number of aliphatic hydroxyl groups is 4. The predicted molar refractivity (Wildman–Crippen MR) is 161 cm³/mol. The molecule has 0 aromatic rings. The lowest BCUT2D eigenvalue weighted by Crippen LogP contribution is -2.62. The Bertz CT molecular complexity index is 1270. The summed E-state index contributed by atoms with van der Waals surface area (Å²) in [6.45, 7) is -2.10. The SMILES string of the molecule is C[C@@H](O)[C@H](NC(=O)[C@H](CC(N)=O)NC(=O)[C@@H](N)CC(N)=O)C(=O)N[C@@H](CO)C(=O)N[C@@H](CO)C(=O)N[C@@H](CO)C(=O)N1CCC[C@H]1C(=O)O. The summed E-state index contributed by atoms with van der Waals surface area (Å²) in [7, 11) is 0. The molecule has 1 fully saturated rings. The Morgan fingerprint density at radius 3 is 1.59 bits per heavy atom. The molecular weight excluding hydrogens is 662 g/mol. The first-order valence-corrected chi connectivity index (χ1v) is 14.8. The smallest absolute Gasteiger partial charge is 0.326 e. The molecule has 1 aliphatic heterocycles. The molecule has 49 heavy (non-hydrogen) atoms. The molecule has 1 heterocycles. The lowest BCUT2D eigenvalue weighted by Gasteiger charge is -2.28. The molecule has 0 bridgehead atoms. The van der Waals surface area contributed by atoms with E-state index in [1.807, 2.05) is 16.0 Å². The topological polar surface area (TPSA) is 396 Å². The molecule has 276 valence electrons. The van der Waals surface area contributed by atoms with Gasteiger partial charge in [0, 0.05) is 6.54 Å². The van der Waals surface area contributed by atoms with E-state index in [0.717, 1.165) is 11.8 Å². The highest BCUT2D eigenvalue weighted by atomic mass is 16.4. The minimum atomic E-state index is -1.89. The number of aliphatic carboxylic acids is 1. The van der Waals surface area contributed by atoms with Crippen molar-refractivity contribution in [2.24, 2.45) is 17.2 Å². The van der Waals surface area contributed by atoms with Gasteiger partial charge in [0.25, 0.3) is 0 Å². The van der Waals surface area contributed by atoms with E-state index in [1.165, 1.54) is 0 Å². The van der Waals surface area contributed by atoms with Crippen LogP contribution < -0.4 is 43.8 Å². The van der Waals surface area contributed by atoms with Crippen LogP contribution >= 0.6 is 0 Å². The number of nitrogens with one attached hydrogen (secondary N) is 5. The van der Waals surface area contributed by atoms with E-state index in [0.29, 0.717) is 6.42 Å². The number of primary amides is 2. The van der Waals surface area contributed by atoms with Crippen molar-refractivity contribution in [3.05, 3.63) is 0 Å². The first-order chi connectivity index (χ1) is 22.9. The van der Waals surface area contributed by atoms with Gasteiger partial charge in [-0.2, -0.15) is 0 Å². The third-order valence-electron chi connectivity index (χ3n) is 7.11. The number of hydrogen-bond donors (Lipinski definition) is 13. The van der Waals surface area contributed by atoms with Gasteiger partial charge in [0.05, 0.1) is 44.8 Å². The van der Waals surface area contributed by atoms with E-state index in [4.69, 9.17) is 17.2 Å². The van der Waals surface area contributed by atoms with E-state index in [2.05, 4.69) is 10.6 Å². The average Bonchev–Trinajstić information content (AvgIpc) is 3.52. The number of carbonyl (C=O) groups is 9. The number of nitrogens with two attached hydrogens (primary N) is 3. The van der Waals surface area contributed by atoms with Gasteiger partial charge in [0.2, 0.25) is 47.3 Å². The highest BCUT2D eigenvalue weighted by Crippen LogP contribution is 2.18. The molecule has 0 unspecified atom stereocenters. The zero-order chi connectivity index (χ0) is 37.6. The number of hydrogen-bond acceptors (Lipinski definition) is 14. The van der Waals surface area contributed by atoms with Crippen LogP contribution in [0.15, 0.2) is 0 Å². The molecule has 16 N–H and O–H groups in total. The maximum absolute atomic E-state index is 13.0. The number of carbonyl (C=O) groups excluding carboxylic acids is 8. The Labute approximate surface area is 278 Å². The summed E-state index contributed by atoms with van der Waals surface area (Å²) in [5.74, 6) is -10.4. The van der Waals surface area contributed by atoms with Crippen molar-refractivity contribution in [2.75, 3.05) is 26.4 Å². The van der Waals surface area contributed by atoms with Gasteiger partial charge in [-0.1, -0.05) is 0 Å². The van der Waals surface area contributed by atoms with E-state index >= 15 is 0 Å². The highest BCUT2D eigenvalue weighted by molar-refractivity contribution is 5.98. The molecule has 1 aliphatic rings. The van der Waals surface area contributed by atoms with Gasteiger partial charge in [-0.05, 0) is 19.8 Å². The zero-order valence-electron chi connectivity index (χ0n) is 26.4. The van der Waals surface area contributed by atoms with Crippen molar-refractivity contribution in [2.45, 2.75) is 81.0 Å². The molecule has 0 saturated carbocycles. The van der Waals surface area contributed by atoms with Crippen molar-refractivity contribution in [3.63, 3.8) is 0 Å². The summed E-state index contributed by atoms with van der Waals surface area (Å²) < 4.78 is 0. The maximum atomic E-state index is 13.0. The van der Waals surface area contributed by atoms with Crippen LogP contribution in [0.2, 0.25) is 0 Å². The summed E-state index contributed by atoms with van der Waals surface area (Å²) >= 11 is 0. The van der Waals surface area contributed by atoms with Gasteiger partial charge >= 0.3 is 5.97 Å². The molecule has 23 heteroatoms. The first-order valence-electron chi connectivity index (χ1n) is 14.8. The number of likely N-dealkylation sites (tertiary alicyclic amines) is 1. The van der Waals surface area contributed by atoms with Crippen molar-refractivity contribution in [3.8, 4) is 0 Å². The Morgan fingerprint density at radius 2 is 1.14 bits per heavy atom. The maximum Gasteiger partial charge on any atom is 0.326 e. The van der Waals surface area contributed by atoms with Crippen LogP contribution in [0.4, 0.5) is 0 Å². The minimum Gasteiger partial charge on any atom is -0.480 e. The highest BCUT2D eigenvalue weighted by Gasteiger charge is 2.39. The molecule has 0 radical (unpaired) electrons. The molecular formula is C26H43N9O14. The van der Waals surface area contributed by atoms with Crippen LogP contribution in [0.25, 0.3) is 0 Å². The largest absolute Gasteiger partial charge is 0.480 e. The molecule has 0 aromatic carbocycles. The molecule has 1 saturated heterocycles. The van der Waals surface area contributed by atoms with E-state index in [-0.39, 0.29) is 13.0 Å². The van der Waals surface area contributed by atoms with Crippen LogP contribution in [0.5, 0.6) is 0 Å². The summed E-state index contributed by atoms with van der Waals surface area (Å²) in [4.78, 5) is 111. The van der Waals surface area contributed by atoms with Gasteiger partial charge in [-0.3, -0.25) is 38.4 Å². The van der Waals surface area contributed by atoms with E-state index in [1.54, 1.807) is 0 Å². The van der Waals surface area contributed by atoms with Crippen molar-refractivity contribution < 1.29 is 68.7 Å². The zero-order valence-corrected chi connectivity index (χ0v) is 26.4. The predicted octanol–water partition coefficient (Wildman–Crippen LogP) is -9.08. The van der Waals surface area contributed by atoms with Crippen LogP contribution in [-0.2, 0) is 43.2 Å². The number of carboxylic acids is 1. The van der Waals surface area contributed by atoms with E-state index < -0.39 is 134 Å². The van der Waals surface area contributed by atoms with Crippen LogP contribution in [-0.4, -0.2) is 158 Å². The molecule has 8 atom stereocenters. The third kappa shape index (κ3) is 12.9. The molecule has 0 aromatic heterocycles. The second-order valence-corrected chi connectivity index (χ2v) is 11.0. The Hall–Kier alpha value is -4.97. The van der Waals surface area contributed by atoms with Gasteiger partial charge < -0.3 is 74.2 Å². The third-order valence-corrected chi connectivity index (χ3v) is 7.11. The fraction of sp³-hybridized carbons (Fsp3) is 0.654. The summed E-state index contributed by atoms with van der Waals surface area (Å²) in [5.41, 5.74) is 15.6. The van der Waals surface area contributed by atoms with Gasteiger partial charge in [0.15, 0.2) is 0 Å². The van der Waals surface area contributed by atoms with Crippen molar-refractivity contribution in [1.82, 2.24) is 31.5 Å². The normalized spacial score (nSPS) is 18.3. The van der Waals surface area contributed by atoms with Crippen molar-refractivity contribution >= 4 is 53.2 Å². The fourth-order valence-electron chi connectivity index (χ4n) is 4.52. The molecule has 0 spiro atoms. The second-order valence-electron chi connectivity index (χ2n) is 11.0. The second kappa shape index (κ2) is 19.8. The first kappa shape index (κ1) is 42.1. The Kier molecular flexibility index (Phi) is 17.0. The monoisotopic (exact) mass is 705 g/mol. The van der Waals surface area contributed by atoms with Crippen molar-refractivity contribution in [1.29, 1.82) is 0 Å². The fourth-order valence-corrected chi connectivity index (χ4v) is 4.52. The van der Waals surface area contributed by atoms with Crippen LogP contribution in [0.1, 0.15) is 32.6 Å². The van der Waals surface area contributed by atoms with Crippen LogP contribution in [0, 0.1) is 0 Å². The molecule has 23 nitrogen and oxygen atoms in total. The Balaban J connectivity index is 2.98. The van der Waals surface area contributed by atoms with Gasteiger partial charge in [-0.15, -0.1) is 0 Å². The van der Waals surface area contributed by atoms with E-state index in [9.17, 15) is 68.7 Å². The minimum absolute atomic E-state index is 0.0413. The summed E-state index contributed by atoms with van der Waals surface area (Å²) in [6, 6.07) is -11.7. The van der Waals surface area contributed by atoms with Gasteiger partial charge in [0.1, 0.15) is 36.3 Å². The Morgan fingerprint density at radius 1 is 0.694 bits per heavy atom. The van der Waals surface area contributed by atoms with Crippen LogP contribution in [0.3, 0.4) is 0 Å². The number of aliphatic hydroxyl groups excluding tert-OH is 4. The number of nitrogens with zero attached hydrogens (tertiary/aromatic N) is 1. The summed E-state index contributed by atoms with van der Waals surface area (Å²) in [5, 5.41) is 58.8. The lowest BCUT2D eigenvalue weighted by atomic mass is 10.1. The summed E-state index contributed by atoms with van der Waals surface area (Å²) in [6.07, 6.45) is -2.63. The molecule has 0 aliphatic carbocycles. The van der Waals surface area contributed by atoms with Gasteiger partial charge in [-0.25, -0.2) is 4.79 Å². The quantitative estimate of drug-likeness (QED) is 0.0559.